The van der Waals surface area contributed by atoms with Crippen LogP contribution in [0.3, 0.4) is 0 Å². The molecule has 0 aliphatic carbocycles. The molecule has 0 unspecified atom stereocenters. The average molecular weight is 311 g/mol. The molecule has 0 fully saturated rings. The maximum atomic E-state index is 8.25. The number of rotatable bonds is 3. The molecule has 2 aromatic rings. The molecule has 0 aliphatic rings. The molecule has 0 amide bonds. The maximum absolute atomic E-state index is 8.25. The predicted octanol–water partition coefficient (Wildman–Crippen LogP) is 0.449. The standard InChI is InChI=1S/C11H11N3.2NO3/c1-2-6-13-11(3-1)14-9-10-4-7-12-8-5-10;2*2-1(3)4/h1-8H,9H2,(H,13,14);;/q;2*-1/p+2. The molecule has 0 atom stereocenters. The van der Waals surface area contributed by atoms with Gasteiger partial charge in [-0.05, 0) is 6.07 Å². The van der Waals surface area contributed by atoms with Crippen molar-refractivity contribution in [3.05, 3.63) is 85.1 Å². The predicted molar refractivity (Wildman–Crippen MR) is 74.0 cm³/mol. The fourth-order valence-electron chi connectivity index (χ4n) is 1.24. The molecule has 22 heavy (non-hydrogen) atoms. The molecule has 0 aliphatic heterocycles. The summed E-state index contributed by atoms with van der Waals surface area (Å²) in [5, 5.41) is 32.8. The van der Waals surface area contributed by atoms with E-state index >= 15 is 0 Å². The van der Waals surface area contributed by atoms with Crippen LogP contribution in [0.1, 0.15) is 5.56 Å². The summed E-state index contributed by atoms with van der Waals surface area (Å²) >= 11 is 0. The van der Waals surface area contributed by atoms with Crippen molar-refractivity contribution in [3.63, 3.8) is 0 Å². The fraction of sp³-hybridized carbons (Fsp3) is 0.0909. The van der Waals surface area contributed by atoms with Gasteiger partial charge in [-0.1, -0.05) is 6.07 Å². The number of nitrogens with one attached hydrogen (secondary N) is 3. The van der Waals surface area contributed by atoms with E-state index in [9.17, 15) is 0 Å². The molecule has 2 aromatic heterocycles. The molecule has 0 radical (unpaired) electrons. The van der Waals surface area contributed by atoms with Crippen molar-refractivity contribution in [2.24, 2.45) is 0 Å². The van der Waals surface area contributed by atoms with Gasteiger partial charge in [0, 0.05) is 23.8 Å². The molecule has 2 rings (SSSR count). The van der Waals surface area contributed by atoms with Gasteiger partial charge >= 0.3 is 0 Å². The van der Waals surface area contributed by atoms with E-state index in [4.69, 9.17) is 30.6 Å². The van der Waals surface area contributed by atoms with Crippen LogP contribution in [0.25, 0.3) is 0 Å². The smallest absolute Gasteiger partial charge is 0.272 e. The number of hydrogen-bond donors (Lipinski definition) is 1. The molecule has 3 N–H and O–H groups in total. The first-order chi connectivity index (χ1) is 10.4. The van der Waals surface area contributed by atoms with Crippen LogP contribution in [0.15, 0.2) is 48.9 Å². The van der Waals surface area contributed by atoms with E-state index in [0.717, 1.165) is 12.4 Å². The van der Waals surface area contributed by atoms with Crippen LogP contribution in [-0.4, -0.2) is 10.2 Å². The summed E-state index contributed by atoms with van der Waals surface area (Å²) in [6.45, 7) is 0.829. The van der Waals surface area contributed by atoms with Crippen LogP contribution in [0.4, 0.5) is 5.82 Å². The monoisotopic (exact) mass is 311 g/mol. The number of pyridine rings is 2. The molecule has 2 heterocycles. The van der Waals surface area contributed by atoms with E-state index in [0.29, 0.717) is 0 Å². The number of H-pyrrole nitrogens is 2. The van der Waals surface area contributed by atoms with Crippen LogP contribution in [0, 0.1) is 30.6 Å². The SMILES string of the molecule is O=[N+]([O-])[O-].O=[N+]([O-])[O-].c1ccc(NCc2cc[nH+]cc2)[nH+]c1. The molecule has 0 aromatic carbocycles. The van der Waals surface area contributed by atoms with Gasteiger partial charge in [-0.15, -0.1) is 0 Å². The van der Waals surface area contributed by atoms with Gasteiger partial charge in [0.2, 0.25) is 0 Å². The average Bonchev–Trinajstić information content (AvgIpc) is 2.46. The zero-order chi connectivity index (χ0) is 16.8. The molecule has 11 nitrogen and oxygen atoms in total. The molecule has 0 saturated carbocycles. The highest BCUT2D eigenvalue weighted by atomic mass is 16.9. The Kier molecular flexibility index (Phi) is 9.53. The van der Waals surface area contributed by atoms with Gasteiger partial charge in [-0.25, -0.2) is 9.97 Å². The fourth-order valence-corrected chi connectivity index (χ4v) is 1.24. The highest BCUT2D eigenvalue weighted by Crippen LogP contribution is 2.00. The summed E-state index contributed by atoms with van der Waals surface area (Å²) in [4.78, 5) is 22.6. The minimum absolute atomic E-state index is 0.829. The molecule has 0 bridgehead atoms. The molecule has 118 valence electrons. The van der Waals surface area contributed by atoms with E-state index in [2.05, 4.69) is 27.4 Å². The Hall–Kier alpha value is -3.50. The normalized spacial score (nSPS) is 8.36. The zero-order valence-corrected chi connectivity index (χ0v) is 11.2. The van der Waals surface area contributed by atoms with E-state index in [1.165, 1.54) is 5.56 Å². The van der Waals surface area contributed by atoms with Crippen LogP contribution < -0.4 is 15.3 Å². The number of anilines is 1. The van der Waals surface area contributed by atoms with Gasteiger partial charge < -0.3 is 30.6 Å². The van der Waals surface area contributed by atoms with E-state index in [1.807, 2.05) is 36.8 Å². The van der Waals surface area contributed by atoms with Crippen LogP contribution in [-0.2, 0) is 6.54 Å². The second kappa shape index (κ2) is 11.3. The highest BCUT2D eigenvalue weighted by Gasteiger charge is 1.99. The Morgan fingerprint density at radius 1 is 0.909 bits per heavy atom. The molecular formula is C11H13N5O6. The van der Waals surface area contributed by atoms with Crippen LogP contribution >= 0.6 is 0 Å². The van der Waals surface area contributed by atoms with Gasteiger partial charge in [0.15, 0.2) is 12.4 Å². The van der Waals surface area contributed by atoms with Gasteiger partial charge in [0.05, 0.1) is 16.4 Å². The maximum Gasteiger partial charge on any atom is 0.272 e. The van der Waals surface area contributed by atoms with Crippen molar-refractivity contribution < 1.29 is 20.1 Å². The summed E-state index contributed by atoms with van der Waals surface area (Å²) in [5.74, 6) is 1.03. The topological polar surface area (TPSA) is 173 Å². The highest BCUT2D eigenvalue weighted by molar-refractivity contribution is 5.28. The number of aromatic nitrogens is 2. The third-order valence-corrected chi connectivity index (χ3v) is 1.98. The Bertz CT molecular complexity index is 494. The lowest BCUT2D eigenvalue weighted by molar-refractivity contribution is -0.403. The lowest BCUT2D eigenvalue weighted by Crippen LogP contribution is -2.12. The third-order valence-electron chi connectivity index (χ3n) is 1.98. The van der Waals surface area contributed by atoms with Gasteiger partial charge in [0.1, 0.15) is 6.54 Å². The van der Waals surface area contributed by atoms with Crippen molar-refractivity contribution >= 4 is 5.82 Å². The first-order valence-electron chi connectivity index (χ1n) is 5.70. The number of aromatic amines is 2. The summed E-state index contributed by atoms with van der Waals surface area (Å²) < 4.78 is 0. The van der Waals surface area contributed by atoms with Crippen molar-refractivity contribution in [3.8, 4) is 0 Å². The van der Waals surface area contributed by atoms with Crippen LogP contribution in [0.5, 0.6) is 0 Å². The van der Waals surface area contributed by atoms with Crippen molar-refractivity contribution in [1.29, 1.82) is 0 Å². The third kappa shape index (κ3) is 12.9. The molecule has 0 saturated heterocycles. The summed E-state index contributed by atoms with van der Waals surface area (Å²) in [7, 11) is 0. The quantitative estimate of drug-likeness (QED) is 0.632. The van der Waals surface area contributed by atoms with Gasteiger partial charge in [-0.2, -0.15) is 0 Å². The Morgan fingerprint density at radius 2 is 1.45 bits per heavy atom. The minimum atomic E-state index is -1.75. The van der Waals surface area contributed by atoms with Gasteiger partial charge in [-0.3, -0.25) is 5.32 Å². The number of nitrogens with zero attached hydrogens (tertiary/aromatic N) is 2. The van der Waals surface area contributed by atoms with Crippen LogP contribution in [0.2, 0.25) is 0 Å². The van der Waals surface area contributed by atoms with Crippen molar-refractivity contribution in [2.45, 2.75) is 6.54 Å². The summed E-state index contributed by atoms with van der Waals surface area (Å²) in [6, 6.07) is 10.1. The van der Waals surface area contributed by atoms with Crippen molar-refractivity contribution in [2.75, 3.05) is 5.32 Å². The second-order valence-corrected chi connectivity index (χ2v) is 3.49. The lowest BCUT2D eigenvalue weighted by atomic mass is 10.3. The minimum Gasteiger partial charge on any atom is -0.356 e. The largest absolute Gasteiger partial charge is 0.356 e. The summed E-state index contributed by atoms with van der Waals surface area (Å²) in [5.41, 5.74) is 1.25. The lowest BCUT2D eigenvalue weighted by Gasteiger charge is -1.96. The van der Waals surface area contributed by atoms with E-state index in [-0.39, 0.29) is 0 Å². The molecule has 0 spiro atoms. The first kappa shape index (κ1) is 18.5. The van der Waals surface area contributed by atoms with E-state index in [1.54, 1.807) is 0 Å². The number of hydrogen-bond acceptors (Lipinski definition) is 7. The van der Waals surface area contributed by atoms with Gasteiger partial charge in [0.25, 0.3) is 5.82 Å². The Labute approximate surface area is 124 Å². The zero-order valence-electron chi connectivity index (χ0n) is 11.2. The Balaban J connectivity index is 0.000000464. The first-order valence-corrected chi connectivity index (χ1v) is 5.70. The molecular weight excluding hydrogens is 298 g/mol. The molecule has 11 heteroatoms. The second-order valence-electron chi connectivity index (χ2n) is 3.49. The van der Waals surface area contributed by atoms with Crippen molar-refractivity contribution in [1.82, 2.24) is 0 Å². The summed E-state index contributed by atoms with van der Waals surface area (Å²) in [6.07, 6.45) is 5.75. The van der Waals surface area contributed by atoms with E-state index < -0.39 is 10.2 Å². The Morgan fingerprint density at radius 3 is 1.91 bits per heavy atom.